The van der Waals surface area contributed by atoms with Gasteiger partial charge in [0.1, 0.15) is 5.82 Å². The number of anilines is 2. The van der Waals surface area contributed by atoms with Gasteiger partial charge in [0, 0.05) is 12.2 Å². The van der Waals surface area contributed by atoms with Crippen molar-refractivity contribution in [3.63, 3.8) is 0 Å². The van der Waals surface area contributed by atoms with Crippen LogP contribution in [0.15, 0.2) is 42.5 Å². The molecule has 0 bridgehead atoms. The van der Waals surface area contributed by atoms with Crippen LogP contribution in [0.4, 0.5) is 15.8 Å². The highest BCUT2D eigenvalue weighted by molar-refractivity contribution is 5.95. The molecule has 0 saturated carbocycles. The summed E-state index contributed by atoms with van der Waals surface area (Å²) in [6, 6.07) is 11.3. The Morgan fingerprint density at radius 1 is 1.25 bits per heavy atom. The van der Waals surface area contributed by atoms with E-state index in [1.807, 2.05) is 13.8 Å². The van der Waals surface area contributed by atoms with Crippen molar-refractivity contribution in [1.29, 1.82) is 0 Å². The molecule has 0 aliphatic carbocycles. The lowest BCUT2D eigenvalue weighted by atomic mass is 10.1. The van der Waals surface area contributed by atoms with Gasteiger partial charge < -0.3 is 10.0 Å². The highest BCUT2D eigenvalue weighted by Crippen LogP contribution is 2.29. The quantitative estimate of drug-likeness (QED) is 0.915. The van der Waals surface area contributed by atoms with E-state index in [4.69, 9.17) is 0 Å². The zero-order valence-corrected chi connectivity index (χ0v) is 11.4. The van der Waals surface area contributed by atoms with Crippen molar-refractivity contribution in [3.05, 3.63) is 59.4 Å². The van der Waals surface area contributed by atoms with Crippen LogP contribution in [0.2, 0.25) is 0 Å². The number of hydrogen-bond donors (Lipinski definition) is 1. The van der Waals surface area contributed by atoms with Gasteiger partial charge in [-0.2, -0.15) is 0 Å². The third-order valence-corrected chi connectivity index (χ3v) is 3.11. The normalized spacial score (nSPS) is 10.3. The van der Waals surface area contributed by atoms with Gasteiger partial charge in [0.05, 0.1) is 11.3 Å². The van der Waals surface area contributed by atoms with E-state index in [-0.39, 0.29) is 11.4 Å². The molecule has 0 aliphatic rings. The second-order valence-electron chi connectivity index (χ2n) is 4.55. The highest BCUT2D eigenvalue weighted by Gasteiger charge is 2.16. The van der Waals surface area contributed by atoms with Crippen LogP contribution in [-0.2, 0) is 0 Å². The van der Waals surface area contributed by atoms with Crippen molar-refractivity contribution in [2.24, 2.45) is 0 Å². The Labute approximate surface area is 117 Å². The summed E-state index contributed by atoms with van der Waals surface area (Å²) >= 11 is 0. The number of carbonyl (C=O) groups is 1. The van der Waals surface area contributed by atoms with Crippen LogP contribution in [-0.4, -0.2) is 17.6 Å². The summed E-state index contributed by atoms with van der Waals surface area (Å²) < 4.78 is 13.4. The van der Waals surface area contributed by atoms with Crippen LogP contribution < -0.4 is 4.90 Å². The molecular formula is C16H16FNO2. The molecule has 0 heterocycles. The second-order valence-corrected chi connectivity index (χ2v) is 4.55. The van der Waals surface area contributed by atoms with E-state index in [0.717, 1.165) is 5.56 Å². The van der Waals surface area contributed by atoms with E-state index in [1.165, 1.54) is 12.1 Å². The number of halogens is 1. The molecule has 3 nitrogen and oxygen atoms in total. The van der Waals surface area contributed by atoms with E-state index in [2.05, 4.69) is 0 Å². The lowest BCUT2D eigenvalue weighted by Crippen LogP contribution is -2.19. The number of carboxylic acids is 1. The molecular weight excluding hydrogens is 257 g/mol. The molecule has 2 aromatic carbocycles. The van der Waals surface area contributed by atoms with Crippen molar-refractivity contribution in [1.82, 2.24) is 0 Å². The third-order valence-electron chi connectivity index (χ3n) is 3.11. The van der Waals surface area contributed by atoms with E-state index < -0.39 is 5.97 Å². The zero-order valence-electron chi connectivity index (χ0n) is 11.4. The minimum absolute atomic E-state index is 0.210. The van der Waals surface area contributed by atoms with Gasteiger partial charge in [0.2, 0.25) is 0 Å². The summed E-state index contributed by atoms with van der Waals surface area (Å²) in [6.45, 7) is 4.35. The van der Waals surface area contributed by atoms with E-state index in [0.29, 0.717) is 17.9 Å². The molecule has 0 unspecified atom stereocenters. The van der Waals surface area contributed by atoms with Crippen molar-refractivity contribution in [2.75, 3.05) is 11.4 Å². The molecule has 0 aliphatic heterocycles. The summed E-state index contributed by atoms with van der Waals surface area (Å²) in [7, 11) is 0. The van der Waals surface area contributed by atoms with Gasteiger partial charge in [0.25, 0.3) is 0 Å². The van der Waals surface area contributed by atoms with Gasteiger partial charge in [-0.05, 0) is 49.7 Å². The maximum Gasteiger partial charge on any atom is 0.337 e. The first-order valence-corrected chi connectivity index (χ1v) is 6.40. The summed E-state index contributed by atoms with van der Waals surface area (Å²) in [5, 5.41) is 9.30. The molecule has 0 radical (unpaired) electrons. The zero-order chi connectivity index (χ0) is 14.7. The van der Waals surface area contributed by atoms with Crippen LogP contribution >= 0.6 is 0 Å². The van der Waals surface area contributed by atoms with Crippen molar-refractivity contribution < 1.29 is 14.3 Å². The number of rotatable bonds is 4. The van der Waals surface area contributed by atoms with Gasteiger partial charge in [0.15, 0.2) is 0 Å². The lowest BCUT2D eigenvalue weighted by Gasteiger charge is -2.25. The largest absolute Gasteiger partial charge is 0.478 e. The minimum Gasteiger partial charge on any atom is -0.478 e. The number of aryl methyl sites for hydroxylation is 1. The second kappa shape index (κ2) is 5.74. The number of hydrogen-bond acceptors (Lipinski definition) is 2. The Morgan fingerprint density at radius 3 is 2.60 bits per heavy atom. The predicted octanol–water partition coefficient (Wildman–Crippen LogP) is 3.99. The average Bonchev–Trinajstić information content (AvgIpc) is 2.39. The molecule has 0 atom stereocenters. The van der Waals surface area contributed by atoms with Crippen molar-refractivity contribution >= 4 is 17.3 Å². The van der Waals surface area contributed by atoms with Gasteiger partial charge in [-0.15, -0.1) is 0 Å². The number of carboxylic acid groups (broad SMARTS) is 1. The molecule has 0 saturated heterocycles. The van der Waals surface area contributed by atoms with Gasteiger partial charge >= 0.3 is 5.97 Å². The smallest absolute Gasteiger partial charge is 0.337 e. The van der Waals surface area contributed by atoms with E-state index in [1.54, 1.807) is 35.2 Å². The fourth-order valence-electron chi connectivity index (χ4n) is 2.18. The standard InChI is InChI=1S/C16H16FNO2/c1-3-18(13-6-4-5-12(17)10-13)15-9-11(2)7-8-14(15)16(19)20/h4-10H,3H2,1-2H3,(H,19,20). The number of benzene rings is 2. The van der Waals surface area contributed by atoms with Gasteiger partial charge in [-0.3, -0.25) is 0 Å². The lowest BCUT2D eigenvalue weighted by molar-refractivity contribution is 0.0697. The Balaban J connectivity index is 2.57. The van der Waals surface area contributed by atoms with Crippen LogP contribution in [0.25, 0.3) is 0 Å². The monoisotopic (exact) mass is 273 g/mol. The van der Waals surface area contributed by atoms with E-state index >= 15 is 0 Å². The van der Waals surface area contributed by atoms with Gasteiger partial charge in [-0.25, -0.2) is 9.18 Å². The Hall–Kier alpha value is -2.36. The first-order chi connectivity index (χ1) is 9.52. The van der Waals surface area contributed by atoms with E-state index in [9.17, 15) is 14.3 Å². The van der Waals surface area contributed by atoms with Crippen LogP contribution in [0, 0.1) is 12.7 Å². The summed E-state index contributed by atoms with van der Waals surface area (Å²) in [6.07, 6.45) is 0. The maximum atomic E-state index is 13.4. The Bertz CT molecular complexity index is 640. The number of aromatic carboxylic acids is 1. The third kappa shape index (κ3) is 2.79. The fourth-order valence-corrected chi connectivity index (χ4v) is 2.18. The molecule has 4 heteroatoms. The predicted molar refractivity (Wildman–Crippen MR) is 77.2 cm³/mol. The average molecular weight is 273 g/mol. The Morgan fingerprint density at radius 2 is 2.00 bits per heavy atom. The number of nitrogens with zero attached hydrogens (tertiary/aromatic N) is 1. The molecule has 0 aromatic heterocycles. The minimum atomic E-state index is -0.991. The molecule has 0 fully saturated rings. The molecule has 1 N–H and O–H groups in total. The van der Waals surface area contributed by atoms with Crippen molar-refractivity contribution in [2.45, 2.75) is 13.8 Å². The topological polar surface area (TPSA) is 40.5 Å². The SMILES string of the molecule is CCN(c1cccc(F)c1)c1cc(C)ccc1C(=O)O. The summed E-state index contributed by atoms with van der Waals surface area (Å²) in [5.41, 5.74) is 2.38. The summed E-state index contributed by atoms with van der Waals surface area (Å²) in [5.74, 6) is -1.33. The fraction of sp³-hybridized carbons (Fsp3) is 0.188. The highest BCUT2D eigenvalue weighted by atomic mass is 19.1. The first kappa shape index (κ1) is 14.1. The molecule has 2 aromatic rings. The molecule has 104 valence electrons. The molecule has 0 spiro atoms. The first-order valence-electron chi connectivity index (χ1n) is 6.40. The van der Waals surface area contributed by atoms with Crippen LogP contribution in [0.3, 0.4) is 0 Å². The Kier molecular flexibility index (Phi) is 4.03. The summed E-state index contributed by atoms with van der Waals surface area (Å²) in [4.78, 5) is 13.1. The van der Waals surface area contributed by atoms with Crippen LogP contribution in [0.1, 0.15) is 22.8 Å². The molecule has 2 rings (SSSR count). The molecule has 0 amide bonds. The van der Waals surface area contributed by atoms with Crippen LogP contribution in [0.5, 0.6) is 0 Å². The molecule has 20 heavy (non-hydrogen) atoms. The maximum absolute atomic E-state index is 13.4. The van der Waals surface area contributed by atoms with Gasteiger partial charge in [-0.1, -0.05) is 12.1 Å². The van der Waals surface area contributed by atoms with Crippen molar-refractivity contribution in [3.8, 4) is 0 Å².